The molecule has 132 valence electrons. The molecule has 1 aliphatic carbocycles. The number of hydrogen-bond donors (Lipinski definition) is 2. The Bertz CT molecular complexity index is 889. The van der Waals surface area contributed by atoms with Crippen LogP contribution in [0.25, 0.3) is 0 Å². The van der Waals surface area contributed by atoms with Gasteiger partial charge >= 0.3 is 5.97 Å². The zero-order valence-electron chi connectivity index (χ0n) is 14.0. The van der Waals surface area contributed by atoms with Crippen molar-refractivity contribution in [2.75, 3.05) is 5.32 Å². The van der Waals surface area contributed by atoms with E-state index in [4.69, 9.17) is 4.74 Å². The third-order valence-electron chi connectivity index (χ3n) is 4.49. The zero-order valence-corrected chi connectivity index (χ0v) is 14.0. The Morgan fingerprint density at radius 3 is 2.65 bits per heavy atom. The Labute approximate surface area is 150 Å². The number of benzene rings is 2. The van der Waals surface area contributed by atoms with E-state index in [1.807, 2.05) is 12.1 Å². The summed E-state index contributed by atoms with van der Waals surface area (Å²) in [6.45, 7) is 0. The smallest absolute Gasteiger partial charge is 0.339 e. The lowest BCUT2D eigenvalue weighted by Crippen LogP contribution is -2.38. The molecule has 1 aliphatic heterocycles. The molecule has 1 fully saturated rings. The number of esters is 1. The molecule has 6 nitrogen and oxygen atoms in total. The van der Waals surface area contributed by atoms with Crippen LogP contribution in [0.4, 0.5) is 5.69 Å². The SMILES string of the molecule is O=C(NC1CC1)c1cccc(NC(=O)[C@@H]2Cc3ccccc3C(=O)O2)c1. The monoisotopic (exact) mass is 350 g/mol. The molecular formula is C20H18N2O4. The topological polar surface area (TPSA) is 84.5 Å². The van der Waals surface area contributed by atoms with Gasteiger partial charge in [-0.05, 0) is 42.7 Å². The van der Waals surface area contributed by atoms with E-state index in [0.29, 0.717) is 23.2 Å². The molecule has 0 spiro atoms. The van der Waals surface area contributed by atoms with Gasteiger partial charge in [-0.1, -0.05) is 24.3 Å². The minimum atomic E-state index is -0.888. The van der Waals surface area contributed by atoms with Gasteiger partial charge in [0.25, 0.3) is 11.8 Å². The van der Waals surface area contributed by atoms with E-state index in [2.05, 4.69) is 10.6 Å². The fourth-order valence-corrected chi connectivity index (χ4v) is 2.94. The molecule has 4 rings (SSSR count). The van der Waals surface area contributed by atoms with Gasteiger partial charge in [-0.2, -0.15) is 0 Å². The van der Waals surface area contributed by atoms with Crippen LogP contribution >= 0.6 is 0 Å². The molecule has 1 saturated carbocycles. The quantitative estimate of drug-likeness (QED) is 0.829. The fourth-order valence-electron chi connectivity index (χ4n) is 2.94. The Kier molecular flexibility index (Phi) is 4.16. The molecule has 2 aromatic carbocycles. The molecule has 0 saturated heterocycles. The number of rotatable bonds is 4. The number of hydrogen-bond acceptors (Lipinski definition) is 4. The van der Waals surface area contributed by atoms with Gasteiger partial charge in [0.15, 0.2) is 6.10 Å². The van der Waals surface area contributed by atoms with Crippen molar-refractivity contribution < 1.29 is 19.1 Å². The van der Waals surface area contributed by atoms with Gasteiger partial charge in [-0.25, -0.2) is 4.79 Å². The lowest BCUT2D eigenvalue weighted by molar-refractivity contribution is -0.125. The summed E-state index contributed by atoms with van der Waals surface area (Å²) in [4.78, 5) is 36.7. The molecule has 2 aliphatic rings. The van der Waals surface area contributed by atoms with Crippen LogP contribution in [0.1, 0.15) is 39.1 Å². The van der Waals surface area contributed by atoms with Gasteiger partial charge in [0.2, 0.25) is 0 Å². The maximum absolute atomic E-state index is 12.5. The minimum absolute atomic E-state index is 0.151. The number of carbonyl (C=O) groups is 3. The van der Waals surface area contributed by atoms with Gasteiger partial charge in [0, 0.05) is 23.7 Å². The Hall–Kier alpha value is -3.15. The predicted molar refractivity (Wildman–Crippen MR) is 94.9 cm³/mol. The van der Waals surface area contributed by atoms with E-state index >= 15 is 0 Å². The van der Waals surface area contributed by atoms with Crippen molar-refractivity contribution in [2.24, 2.45) is 0 Å². The van der Waals surface area contributed by atoms with E-state index in [1.54, 1.807) is 36.4 Å². The number of anilines is 1. The Morgan fingerprint density at radius 1 is 1.04 bits per heavy atom. The number of nitrogens with one attached hydrogen (secondary N) is 2. The second kappa shape index (κ2) is 6.63. The third-order valence-corrected chi connectivity index (χ3v) is 4.49. The average Bonchev–Trinajstić information content (AvgIpc) is 3.46. The maximum Gasteiger partial charge on any atom is 0.339 e. The molecule has 2 N–H and O–H groups in total. The van der Waals surface area contributed by atoms with Crippen molar-refractivity contribution in [1.82, 2.24) is 5.32 Å². The van der Waals surface area contributed by atoms with Crippen molar-refractivity contribution in [2.45, 2.75) is 31.4 Å². The van der Waals surface area contributed by atoms with E-state index in [1.165, 1.54) is 0 Å². The molecule has 2 aromatic rings. The Morgan fingerprint density at radius 2 is 1.85 bits per heavy atom. The number of amides is 2. The van der Waals surface area contributed by atoms with E-state index in [-0.39, 0.29) is 11.9 Å². The second-order valence-electron chi connectivity index (χ2n) is 6.57. The Balaban J connectivity index is 1.45. The van der Waals surface area contributed by atoms with Crippen LogP contribution in [0.5, 0.6) is 0 Å². The summed E-state index contributed by atoms with van der Waals surface area (Å²) in [5.74, 6) is -1.06. The van der Waals surface area contributed by atoms with Crippen molar-refractivity contribution in [3.63, 3.8) is 0 Å². The summed E-state index contributed by atoms with van der Waals surface area (Å²) >= 11 is 0. The maximum atomic E-state index is 12.5. The van der Waals surface area contributed by atoms with Crippen molar-refractivity contribution in [3.8, 4) is 0 Å². The lowest BCUT2D eigenvalue weighted by atomic mass is 9.98. The first-order chi connectivity index (χ1) is 12.6. The number of carbonyl (C=O) groups excluding carboxylic acids is 3. The van der Waals surface area contributed by atoms with Crippen LogP contribution in [0.2, 0.25) is 0 Å². The summed E-state index contributed by atoms with van der Waals surface area (Å²) in [7, 11) is 0. The highest BCUT2D eigenvalue weighted by Crippen LogP contribution is 2.22. The van der Waals surface area contributed by atoms with Crippen molar-refractivity contribution in [1.29, 1.82) is 0 Å². The van der Waals surface area contributed by atoms with Gasteiger partial charge in [-0.3, -0.25) is 9.59 Å². The van der Waals surface area contributed by atoms with Crippen molar-refractivity contribution >= 4 is 23.5 Å². The van der Waals surface area contributed by atoms with Crippen LogP contribution in [-0.2, 0) is 16.0 Å². The molecule has 0 unspecified atom stereocenters. The highest BCUT2D eigenvalue weighted by molar-refractivity contribution is 6.01. The highest BCUT2D eigenvalue weighted by Gasteiger charge is 2.31. The molecule has 1 heterocycles. The molecule has 26 heavy (non-hydrogen) atoms. The van der Waals surface area contributed by atoms with Crippen LogP contribution in [0.3, 0.4) is 0 Å². The summed E-state index contributed by atoms with van der Waals surface area (Å²) in [5.41, 5.74) is 2.27. The van der Waals surface area contributed by atoms with E-state index < -0.39 is 18.0 Å². The minimum Gasteiger partial charge on any atom is -0.448 e. The summed E-state index contributed by atoms with van der Waals surface area (Å²) < 4.78 is 5.26. The largest absolute Gasteiger partial charge is 0.448 e. The van der Waals surface area contributed by atoms with Gasteiger partial charge in [0.1, 0.15) is 0 Å². The van der Waals surface area contributed by atoms with Gasteiger partial charge < -0.3 is 15.4 Å². The summed E-state index contributed by atoms with van der Waals surface area (Å²) in [5, 5.41) is 5.64. The third kappa shape index (κ3) is 3.44. The summed E-state index contributed by atoms with van der Waals surface area (Å²) in [6.07, 6.45) is 1.46. The first-order valence-corrected chi connectivity index (χ1v) is 8.61. The zero-order chi connectivity index (χ0) is 18.1. The molecule has 0 aromatic heterocycles. The molecular weight excluding hydrogens is 332 g/mol. The first-order valence-electron chi connectivity index (χ1n) is 8.61. The normalized spacial score (nSPS) is 18.5. The molecule has 6 heteroatoms. The number of ether oxygens (including phenoxy) is 1. The van der Waals surface area contributed by atoms with Gasteiger partial charge in [-0.15, -0.1) is 0 Å². The molecule has 0 radical (unpaired) electrons. The molecule has 2 amide bonds. The molecule has 0 bridgehead atoms. The van der Waals surface area contributed by atoms with E-state index in [9.17, 15) is 14.4 Å². The van der Waals surface area contributed by atoms with Gasteiger partial charge in [0.05, 0.1) is 5.56 Å². The van der Waals surface area contributed by atoms with Crippen molar-refractivity contribution in [3.05, 3.63) is 65.2 Å². The highest BCUT2D eigenvalue weighted by atomic mass is 16.5. The van der Waals surface area contributed by atoms with Crippen LogP contribution < -0.4 is 10.6 Å². The lowest BCUT2D eigenvalue weighted by Gasteiger charge is -2.23. The second-order valence-corrected chi connectivity index (χ2v) is 6.57. The van der Waals surface area contributed by atoms with Crippen LogP contribution in [0.15, 0.2) is 48.5 Å². The first kappa shape index (κ1) is 16.3. The fraction of sp³-hybridized carbons (Fsp3) is 0.250. The van der Waals surface area contributed by atoms with E-state index in [0.717, 1.165) is 18.4 Å². The predicted octanol–water partition coefficient (Wildman–Crippen LogP) is 2.30. The standard InChI is InChI=1S/C20H18N2O4/c23-18(21-14-8-9-14)13-5-3-6-15(10-13)22-19(24)17-11-12-4-1-2-7-16(12)20(25)26-17/h1-7,10,14,17H,8-9,11H2,(H,21,23)(H,22,24)/t17-/m0/s1. The number of cyclic esters (lactones) is 1. The van der Waals surface area contributed by atoms with Crippen LogP contribution in [-0.4, -0.2) is 29.9 Å². The number of fused-ring (bicyclic) bond motifs is 1. The summed E-state index contributed by atoms with van der Waals surface area (Å²) in [6, 6.07) is 14.1. The molecule has 1 atom stereocenters. The average molecular weight is 350 g/mol. The van der Waals surface area contributed by atoms with Crippen LogP contribution in [0, 0.1) is 0 Å².